The van der Waals surface area contributed by atoms with Crippen LogP contribution in [0.3, 0.4) is 0 Å². The van der Waals surface area contributed by atoms with Gasteiger partial charge in [-0.3, -0.25) is 4.68 Å². The fourth-order valence-corrected chi connectivity index (χ4v) is 2.49. The average molecular weight is 287 g/mol. The molecule has 0 aliphatic rings. The van der Waals surface area contributed by atoms with E-state index in [4.69, 9.17) is 9.97 Å². The van der Waals surface area contributed by atoms with Gasteiger partial charge in [-0.05, 0) is 26.2 Å². The highest BCUT2D eigenvalue weighted by molar-refractivity contribution is 5.61. The number of nitrogens with one attached hydrogen (secondary N) is 1. The summed E-state index contributed by atoms with van der Waals surface area (Å²) in [6.45, 7) is 11.5. The van der Waals surface area contributed by atoms with Crippen LogP contribution in [0.2, 0.25) is 0 Å². The fraction of sp³-hybridized carbons (Fsp3) is 0.562. The molecule has 2 aromatic rings. The Labute approximate surface area is 126 Å². The van der Waals surface area contributed by atoms with Crippen molar-refractivity contribution in [3.63, 3.8) is 0 Å². The maximum Gasteiger partial charge on any atom is 0.165 e. The summed E-state index contributed by atoms with van der Waals surface area (Å²) in [5, 5.41) is 7.73. The monoisotopic (exact) mass is 287 g/mol. The lowest BCUT2D eigenvalue weighted by atomic mass is 10.0. The van der Waals surface area contributed by atoms with Gasteiger partial charge in [0.05, 0.1) is 11.8 Å². The van der Waals surface area contributed by atoms with Crippen LogP contribution in [-0.4, -0.2) is 26.3 Å². The van der Waals surface area contributed by atoms with Crippen molar-refractivity contribution in [1.82, 2.24) is 19.7 Å². The summed E-state index contributed by atoms with van der Waals surface area (Å²) >= 11 is 0. The summed E-state index contributed by atoms with van der Waals surface area (Å²) in [6.07, 6.45) is 2.91. The molecule has 0 bridgehead atoms. The topological polar surface area (TPSA) is 55.6 Å². The summed E-state index contributed by atoms with van der Waals surface area (Å²) in [6, 6.07) is 0. The van der Waals surface area contributed by atoms with Crippen LogP contribution in [0.15, 0.2) is 6.20 Å². The fourth-order valence-electron chi connectivity index (χ4n) is 2.49. The van der Waals surface area contributed by atoms with Gasteiger partial charge in [-0.2, -0.15) is 5.10 Å². The molecule has 0 saturated carbocycles. The van der Waals surface area contributed by atoms with Crippen molar-refractivity contribution in [3.8, 4) is 11.4 Å². The van der Waals surface area contributed by atoms with Crippen LogP contribution >= 0.6 is 0 Å². The molecule has 2 aromatic heterocycles. The molecule has 5 nitrogen and oxygen atoms in total. The third kappa shape index (κ3) is 3.06. The highest BCUT2D eigenvalue weighted by Gasteiger charge is 2.17. The van der Waals surface area contributed by atoms with Gasteiger partial charge in [-0.15, -0.1) is 0 Å². The minimum Gasteiger partial charge on any atom is -0.370 e. The minimum atomic E-state index is 0.397. The van der Waals surface area contributed by atoms with Gasteiger partial charge >= 0.3 is 0 Å². The zero-order valence-electron chi connectivity index (χ0n) is 13.9. The quantitative estimate of drug-likeness (QED) is 0.915. The number of aromatic nitrogens is 4. The molecule has 0 aromatic carbocycles. The third-order valence-electron chi connectivity index (χ3n) is 3.73. The van der Waals surface area contributed by atoms with E-state index >= 15 is 0 Å². The Kier molecular flexibility index (Phi) is 4.60. The Balaban J connectivity index is 2.54. The first-order valence-electron chi connectivity index (χ1n) is 7.57. The van der Waals surface area contributed by atoms with Gasteiger partial charge < -0.3 is 5.32 Å². The Morgan fingerprint density at radius 3 is 2.48 bits per heavy atom. The van der Waals surface area contributed by atoms with Crippen molar-refractivity contribution in [2.45, 2.75) is 47.0 Å². The number of nitrogens with zero attached hydrogens (tertiary/aromatic N) is 4. The predicted octanol–water partition coefficient (Wildman–Crippen LogP) is 3.44. The Morgan fingerprint density at radius 2 is 1.95 bits per heavy atom. The van der Waals surface area contributed by atoms with Crippen LogP contribution in [0.1, 0.15) is 50.1 Å². The molecule has 21 heavy (non-hydrogen) atoms. The number of hydrogen-bond donors (Lipinski definition) is 1. The molecule has 5 heteroatoms. The van der Waals surface area contributed by atoms with Gasteiger partial charge in [0.25, 0.3) is 0 Å². The van der Waals surface area contributed by atoms with Crippen molar-refractivity contribution < 1.29 is 0 Å². The lowest BCUT2D eigenvalue weighted by Gasteiger charge is -2.17. The largest absolute Gasteiger partial charge is 0.370 e. The number of aryl methyl sites for hydroxylation is 2. The van der Waals surface area contributed by atoms with Gasteiger partial charge in [0.1, 0.15) is 5.82 Å². The molecular weight excluding hydrogens is 262 g/mol. The first-order chi connectivity index (χ1) is 9.95. The summed E-state index contributed by atoms with van der Waals surface area (Å²) in [4.78, 5) is 9.46. The van der Waals surface area contributed by atoms with E-state index in [-0.39, 0.29) is 0 Å². The zero-order valence-corrected chi connectivity index (χ0v) is 13.9. The molecule has 2 heterocycles. The molecule has 0 aliphatic carbocycles. The molecule has 0 radical (unpaired) electrons. The molecule has 0 unspecified atom stereocenters. The summed E-state index contributed by atoms with van der Waals surface area (Å²) in [5.74, 6) is 2.10. The molecule has 114 valence electrons. The van der Waals surface area contributed by atoms with Crippen molar-refractivity contribution in [1.29, 1.82) is 0 Å². The van der Waals surface area contributed by atoms with Crippen molar-refractivity contribution >= 4 is 5.82 Å². The lowest BCUT2D eigenvalue weighted by molar-refractivity contribution is 0.740. The standard InChI is InChI=1S/C16H25N5/c1-7-8-17-16-14(10(2)3)11(4)19-15(20-16)13-9-18-21(6)12(13)5/h9-10H,7-8H2,1-6H3,(H,17,19,20). The maximum absolute atomic E-state index is 4.76. The van der Waals surface area contributed by atoms with E-state index in [1.54, 1.807) is 0 Å². The smallest absolute Gasteiger partial charge is 0.165 e. The maximum atomic E-state index is 4.76. The molecule has 0 saturated heterocycles. The van der Waals surface area contributed by atoms with Crippen LogP contribution in [0.4, 0.5) is 5.82 Å². The van der Waals surface area contributed by atoms with Crippen LogP contribution in [0.5, 0.6) is 0 Å². The average Bonchev–Trinajstić information content (AvgIpc) is 2.75. The van der Waals surface area contributed by atoms with E-state index in [0.717, 1.165) is 41.6 Å². The molecule has 0 fully saturated rings. The van der Waals surface area contributed by atoms with Crippen molar-refractivity contribution in [3.05, 3.63) is 23.1 Å². The van der Waals surface area contributed by atoms with Crippen molar-refractivity contribution in [2.24, 2.45) is 7.05 Å². The zero-order chi connectivity index (χ0) is 15.6. The molecular formula is C16H25N5. The Bertz CT molecular complexity index is 628. The Hall–Kier alpha value is -1.91. The minimum absolute atomic E-state index is 0.397. The van der Waals surface area contributed by atoms with E-state index in [2.05, 4.69) is 38.1 Å². The van der Waals surface area contributed by atoms with Gasteiger partial charge in [0.15, 0.2) is 5.82 Å². The lowest BCUT2D eigenvalue weighted by Crippen LogP contribution is -2.10. The normalized spacial score (nSPS) is 11.2. The molecule has 0 spiro atoms. The predicted molar refractivity (Wildman–Crippen MR) is 86.6 cm³/mol. The first kappa shape index (κ1) is 15.5. The van der Waals surface area contributed by atoms with E-state index in [1.165, 1.54) is 5.56 Å². The van der Waals surface area contributed by atoms with Crippen LogP contribution in [0.25, 0.3) is 11.4 Å². The SMILES string of the molecule is CCCNc1nc(-c2cnn(C)c2C)nc(C)c1C(C)C. The molecule has 0 aliphatic heterocycles. The summed E-state index contributed by atoms with van der Waals surface area (Å²) in [5.41, 5.74) is 4.31. The second-order valence-corrected chi connectivity index (χ2v) is 5.74. The first-order valence-corrected chi connectivity index (χ1v) is 7.57. The van der Waals surface area contributed by atoms with E-state index in [0.29, 0.717) is 5.92 Å². The van der Waals surface area contributed by atoms with Gasteiger partial charge in [-0.25, -0.2) is 9.97 Å². The number of rotatable bonds is 5. The second-order valence-electron chi connectivity index (χ2n) is 5.74. The van der Waals surface area contributed by atoms with E-state index in [9.17, 15) is 0 Å². The van der Waals surface area contributed by atoms with Crippen LogP contribution in [0, 0.1) is 13.8 Å². The summed E-state index contributed by atoms with van der Waals surface area (Å²) in [7, 11) is 1.93. The van der Waals surface area contributed by atoms with Crippen LogP contribution in [-0.2, 0) is 7.05 Å². The van der Waals surface area contributed by atoms with E-state index < -0.39 is 0 Å². The molecule has 0 amide bonds. The van der Waals surface area contributed by atoms with Gasteiger partial charge in [-0.1, -0.05) is 20.8 Å². The third-order valence-corrected chi connectivity index (χ3v) is 3.73. The van der Waals surface area contributed by atoms with Gasteiger partial charge in [0.2, 0.25) is 0 Å². The van der Waals surface area contributed by atoms with Crippen molar-refractivity contribution in [2.75, 3.05) is 11.9 Å². The van der Waals surface area contributed by atoms with Gasteiger partial charge in [0, 0.05) is 30.5 Å². The number of anilines is 1. The molecule has 0 atom stereocenters. The molecule has 2 rings (SSSR count). The highest BCUT2D eigenvalue weighted by Crippen LogP contribution is 2.29. The van der Waals surface area contributed by atoms with Crippen LogP contribution < -0.4 is 5.32 Å². The van der Waals surface area contributed by atoms with E-state index in [1.807, 2.05) is 24.9 Å². The second kappa shape index (κ2) is 6.24. The summed E-state index contributed by atoms with van der Waals surface area (Å²) < 4.78 is 1.85. The number of hydrogen-bond acceptors (Lipinski definition) is 4. The highest BCUT2D eigenvalue weighted by atomic mass is 15.3. The Morgan fingerprint density at radius 1 is 1.24 bits per heavy atom. The molecule has 1 N–H and O–H groups in total.